The molecule has 0 saturated carbocycles. The van der Waals surface area contributed by atoms with Gasteiger partial charge in [0.1, 0.15) is 5.82 Å². The summed E-state index contributed by atoms with van der Waals surface area (Å²) in [6, 6.07) is 14.8. The van der Waals surface area contributed by atoms with Gasteiger partial charge in [-0.1, -0.05) is 24.3 Å². The number of nitrogens with one attached hydrogen (secondary N) is 2. The number of hydrogen-bond acceptors (Lipinski definition) is 5. The van der Waals surface area contributed by atoms with Crippen molar-refractivity contribution in [3.8, 4) is 11.4 Å². The van der Waals surface area contributed by atoms with E-state index in [0.29, 0.717) is 22.8 Å². The Morgan fingerprint density at radius 1 is 1.13 bits per heavy atom. The van der Waals surface area contributed by atoms with Gasteiger partial charge in [-0.05, 0) is 44.0 Å². The molecule has 1 aromatic heterocycles. The molecule has 0 radical (unpaired) electrons. The van der Waals surface area contributed by atoms with Crippen LogP contribution in [0.4, 0.5) is 5.69 Å². The molecule has 2 N–H and O–H groups in total. The Morgan fingerprint density at radius 2 is 1.93 bits per heavy atom. The SMILES string of the molecule is Cc1nc(-c2cccc(NC(=O)c3ccccc3SCC(=O)N3CCCC3)c2)n[nH]1. The molecule has 2 aromatic carbocycles. The molecule has 0 unspecified atom stereocenters. The topological polar surface area (TPSA) is 91.0 Å². The molecule has 1 fully saturated rings. The number of aromatic nitrogens is 3. The van der Waals surface area contributed by atoms with E-state index in [1.807, 2.05) is 54.3 Å². The van der Waals surface area contributed by atoms with Crippen molar-refractivity contribution in [2.45, 2.75) is 24.7 Å². The Kier molecular flexibility index (Phi) is 6.13. The van der Waals surface area contributed by atoms with E-state index in [4.69, 9.17) is 0 Å². The molecule has 0 atom stereocenters. The highest BCUT2D eigenvalue weighted by Gasteiger charge is 2.19. The monoisotopic (exact) mass is 421 g/mol. The Bertz CT molecular complexity index is 1060. The summed E-state index contributed by atoms with van der Waals surface area (Å²) in [5, 5.41) is 9.93. The molecule has 0 aliphatic carbocycles. The number of amides is 2. The first-order valence-corrected chi connectivity index (χ1v) is 10.9. The lowest BCUT2D eigenvalue weighted by Crippen LogP contribution is -2.29. The standard InChI is InChI=1S/C22H23N5O2S/c1-15-23-21(26-25-15)16-7-6-8-17(13-16)24-22(29)18-9-2-3-10-19(18)30-14-20(28)27-11-4-5-12-27/h2-3,6-10,13H,4-5,11-12,14H2,1H3,(H,24,29)(H,23,25,26). The first kappa shape index (κ1) is 20.2. The van der Waals surface area contributed by atoms with Crippen LogP contribution < -0.4 is 5.32 Å². The predicted molar refractivity (Wildman–Crippen MR) is 117 cm³/mol. The molecule has 7 nitrogen and oxygen atoms in total. The van der Waals surface area contributed by atoms with Crippen molar-refractivity contribution in [1.82, 2.24) is 20.1 Å². The van der Waals surface area contributed by atoms with E-state index in [2.05, 4.69) is 20.5 Å². The summed E-state index contributed by atoms with van der Waals surface area (Å²) in [5.74, 6) is 1.57. The molecule has 8 heteroatoms. The molecule has 154 valence electrons. The van der Waals surface area contributed by atoms with Crippen LogP contribution in [-0.2, 0) is 4.79 Å². The lowest BCUT2D eigenvalue weighted by molar-refractivity contribution is -0.127. The number of carbonyl (C=O) groups is 2. The summed E-state index contributed by atoms with van der Waals surface area (Å²) >= 11 is 1.41. The summed E-state index contributed by atoms with van der Waals surface area (Å²) in [4.78, 5) is 32.3. The average molecular weight is 422 g/mol. The third-order valence-corrected chi connectivity index (χ3v) is 5.98. The van der Waals surface area contributed by atoms with Gasteiger partial charge >= 0.3 is 0 Å². The quantitative estimate of drug-likeness (QED) is 0.592. The number of thioether (sulfide) groups is 1. The summed E-state index contributed by atoms with van der Waals surface area (Å²) in [5.41, 5.74) is 2.03. The number of nitrogens with zero attached hydrogens (tertiary/aromatic N) is 3. The van der Waals surface area contributed by atoms with Crippen LogP contribution in [0.2, 0.25) is 0 Å². The van der Waals surface area contributed by atoms with Gasteiger partial charge in [-0.15, -0.1) is 11.8 Å². The number of H-pyrrole nitrogens is 1. The van der Waals surface area contributed by atoms with Crippen molar-refractivity contribution in [2.75, 3.05) is 24.2 Å². The maximum absolute atomic E-state index is 12.9. The highest BCUT2D eigenvalue weighted by molar-refractivity contribution is 8.00. The number of rotatable bonds is 6. The van der Waals surface area contributed by atoms with Gasteiger partial charge in [0.25, 0.3) is 5.91 Å². The van der Waals surface area contributed by atoms with Crippen molar-refractivity contribution >= 4 is 29.3 Å². The number of carbonyl (C=O) groups excluding carboxylic acids is 2. The van der Waals surface area contributed by atoms with E-state index >= 15 is 0 Å². The number of aryl methyl sites for hydroxylation is 1. The van der Waals surface area contributed by atoms with Gasteiger partial charge < -0.3 is 10.2 Å². The first-order chi connectivity index (χ1) is 14.6. The molecule has 0 spiro atoms. The molecule has 2 amide bonds. The zero-order valence-corrected chi connectivity index (χ0v) is 17.5. The van der Waals surface area contributed by atoms with Crippen LogP contribution in [0.15, 0.2) is 53.4 Å². The van der Waals surface area contributed by atoms with Gasteiger partial charge in [0.15, 0.2) is 5.82 Å². The number of likely N-dealkylation sites (tertiary alicyclic amines) is 1. The lowest BCUT2D eigenvalue weighted by atomic mass is 10.1. The molecule has 1 saturated heterocycles. The van der Waals surface area contributed by atoms with Crippen LogP contribution >= 0.6 is 11.8 Å². The summed E-state index contributed by atoms with van der Waals surface area (Å²) in [6.45, 7) is 3.51. The van der Waals surface area contributed by atoms with Crippen LogP contribution in [0.1, 0.15) is 29.0 Å². The maximum Gasteiger partial charge on any atom is 0.256 e. The maximum atomic E-state index is 12.9. The van der Waals surface area contributed by atoms with E-state index in [-0.39, 0.29) is 11.8 Å². The Morgan fingerprint density at radius 3 is 2.70 bits per heavy atom. The largest absolute Gasteiger partial charge is 0.342 e. The van der Waals surface area contributed by atoms with Gasteiger partial charge in [-0.2, -0.15) is 5.10 Å². The highest BCUT2D eigenvalue weighted by atomic mass is 32.2. The second-order valence-corrected chi connectivity index (χ2v) is 8.17. The number of anilines is 1. The van der Waals surface area contributed by atoms with Crippen molar-refractivity contribution in [3.05, 3.63) is 59.9 Å². The van der Waals surface area contributed by atoms with Crippen molar-refractivity contribution in [3.63, 3.8) is 0 Å². The van der Waals surface area contributed by atoms with Gasteiger partial charge in [-0.25, -0.2) is 4.98 Å². The van der Waals surface area contributed by atoms with Crippen molar-refractivity contribution in [1.29, 1.82) is 0 Å². The molecule has 30 heavy (non-hydrogen) atoms. The predicted octanol–water partition coefficient (Wildman–Crippen LogP) is 3.75. The molecule has 4 rings (SSSR count). The fraction of sp³-hybridized carbons (Fsp3) is 0.273. The minimum atomic E-state index is -0.213. The molecular weight excluding hydrogens is 398 g/mol. The minimum Gasteiger partial charge on any atom is -0.342 e. The smallest absolute Gasteiger partial charge is 0.256 e. The van der Waals surface area contributed by atoms with Crippen LogP contribution in [0.3, 0.4) is 0 Å². The van der Waals surface area contributed by atoms with E-state index in [0.717, 1.165) is 42.2 Å². The number of benzene rings is 2. The van der Waals surface area contributed by atoms with E-state index < -0.39 is 0 Å². The van der Waals surface area contributed by atoms with Crippen LogP contribution in [0.5, 0.6) is 0 Å². The highest BCUT2D eigenvalue weighted by Crippen LogP contribution is 2.25. The third kappa shape index (κ3) is 4.71. The second kappa shape index (κ2) is 9.13. The number of hydrogen-bond donors (Lipinski definition) is 2. The second-order valence-electron chi connectivity index (χ2n) is 7.15. The lowest BCUT2D eigenvalue weighted by Gasteiger charge is -2.15. The van der Waals surface area contributed by atoms with Gasteiger partial charge in [0.05, 0.1) is 11.3 Å². The number of aromatic amines is 1. The molecule has 1 aliphatic rings. The van der Waals surface area contributed by atoms with Crippen molar-refractivity contribution < 1.29 is 9.59 Å². The molecule has 3 aromatic rings. The fourth-order valence-electron chi connectivity index (χ4n) is 3.38. The average Bonchev–Trinajstić information content (AvgIpc) is 3.44. The zero-order valence-electron chi connectivity index (χ0n) is 16.7. The Labute approximate surface area is 179 Å². The van der Waals surface area contributed by atoms with Crippen LogP contribution in [0.25, 0.3) is 11.4 Å². The van der Waals surface area contributed by atoms with Gasteiger partial charge in [0, 0.05) is 29.2 Å². The molecular formula is C22H23N5O2S. The van der Waals surface area contributed by atoms with E-state index in [9.17, 15) is 9.59 Å². The van der Waals surface area contributed by atoms with Gasteiger partial charge in [0.2, 0.25) is 5.91 Å². The molecule has 0 bridgehead atoms. The molecule has 2 heterocycles. The van der Waals surface area contributed by atoms with Crippen molar-refractivity contribution in [2.24, 2.45) is 0 Å². The third-order valence-electron chi connectivity index (χ3n) is 4.92. The zero-order chi connectivity index (χ0) is 20.9. The summed E-state index contributed by atoms with van der Waals surface area (Å²) in [6.07, 6.45) is 2.14. The summed E-state index contributed by atoms with van der Waals surface area (Å²) < 4.78 is 0. The van der Waals surface area contributed by atoms with E-state index in [1.165, 1.54) is 11.8 Å². The van der Waals surface area contributed by atoms with Crippen LogP contribution in [0, 0.1) is 6.92 Å². The first-order valence-electron chi connectivity index (χ1n) is 9.90. The molecule has 1 aliphatic heterocycles. The van der Waals surface area contributed by atoms with Crippen LogP contribution in [-0.4, -0.2) is 50.7 Å². The van der Waals surface area contributed by atoms with Gasteiger partial charge in [-0.3, -0.25) is 14.7 Å². The fourth-order valence-corrected chi connectivity index (χ4v) is 4.34. The Hall–Kier alpha value is -3.13. The Balaban J connectivity index is 1.45. The normalized spacial score (nSPS) is 13.4. The van der Waals surface area contributed by atoms with E-state index in [1.54, 1.807) is 6.07 Å². The minimum absolute atomic E-state index is 0.127. The summed E-state index contributed by atoms with van der Waals surface area (Å²) in [7, 11) is 0.